The van der Waals surface area contributed by atoms with Gasteiger partial charge in [-0.2, -0.15) is 0 Å². The number of piperidine rings is 1. The van der Waals surface area contributed by atoms with E-state index in [1.54, 1.807) is 0 Å². The number of anilines is 1. The van der Waals surface area contributed by atoms with Crippen molar-refractivity contribution in [2.75, 3.05) is 25.0 Å². The molecule has 0 radical (unpaired) electrons. The minimum Gasteiger partial charge on any atom is -0.364 e. The topological polar surface area (TPSA) is 77.5 Å². The van der Waals surface area contributed by atoms with Gasteiger partial charge in [-0.15, -0.1) is 24.8 Å². The van der Waals surface area contributed by atoms with Crippen molar-refractivity contribution in [1.29, 1.82) is 0 Å². The van der Waals surface area contributed by atoms with E-state index in [0.717, 1.165) is 44.5 Å². The lowest BCUT2D eigenvalue weighted by Crippen LogP contribution is -2.44. The number of rotatable bonds is 6. The van der Waals surface area contributed by atoms with Crippen molar-refractivity contribution < 1.29 is 14.4 Å². The molecular formula is C20H31Cl2FN4O2. The van der Waals surface area contributed by atoms with E-state index in [2.05, 4.69) is 15.2 Å². The molecule has 2 aliphatic rings. The van der Waals surface area contributed by atoms with Crippen molar-refractivity contribution in [3.8, 4) is 0 Å². The van der Waals surface area contributed by atoms with Crippen LogP contribution in [0.25, 0.3) is 6.08 Å². The van der Waals surface area contributed by atoms with Gasteiger partial charge in [0.05, 0.1) is 0 Å². The van der Waals surface area contributed by atoms with Crippen LogP contribution in [0.2, 0.25) is 0 Å². The second kappa shape index (κ2) is 13.0. The summed E-state index contributed by atoms with van der Waals surface area (Å²) >= 11 is 0. The normalized spacial score (nSPS) is 20.6. The Morgan fingerprint density at radius 2 is 2.00 bits per heavy atom. The van der Waals surface area contributed by atoms with Crippen LogP contribution in [0, 0.1) is 11.7 Å². The van der Waals surface area contributed by atoms with Crippen LogP contribution in [-0.2, 0) is 4.79 Å². The summed E-state index contributed by atoms with van der Waals surface area (Å²) in [5, 5.41) is 11.7. The van der Waals surface area contributed by atoms with E-state index in [1.165, 1.54) is 55.9 Å². The molecule has 1 saturated carbocycles. The molecule has 1 aromatic rings. The second-order valence-corrected chi connectivity index (χ2v) is 7.66. The predicted octanol–water partition coefficient (Wildman–Crippen LogP) is 4.04. The highest BCUT2D eigenvalue weighted by atomic mass is 35.5. The van der Waals surface area contributed by atoms with E-state index in [9.17, 15) is 9.18 Å². The van der Waals surface area contributed by atoms with Gasteiger partial charge in [0.15, 0.2) is 11.6 Å². The highest BCUT2D eigenvalue weighted by Crippen LogP contribution is 2.26. The van der Waals surface area contributed by atoms with E-state index < -0.39 is 11.7 Å². The van der Waals surface area contributed by atoms with Crippen molar-refractivity contribution >= 4 is 42.6 Å². The number of carbonyl (C=O) groups is 1. The molecule has 1 aromatic heterocycles. The summed E-state index contributed by atoms with van der Waals surface area (Å²) in [6.07, 6.45) is 12.9. The van der Waals surface area contributed by atoms with Gasteiger partial charge in [0.1, 0.15) is 0 Å². The SMILES string of the molecule is Cl.Cl.O=C(C=Cc1cnc(N[C@@H]2CCCN(CC3CCCCC3)C2)c(F)c1)NO. The zero-order chi connectivity index (χ0) is 19.1. The number of hydrogen-bond donors (Lipinski definition) is 3. The quantitative estimate of drug-likeness (QED) is 0.347. The van der Waals surface area contributed by atoms with Gasteiger partial charge >= 0.3 is 0 Å². The molecule has 1 aliphatic heterocycles. The molecule has 0 spiro atoms. The van der Waals surface area contributed by atoms with Gasteiger partial charge < -0.3 is 10.2 Å². The van der Waals surface area contributed by atoms with Crippen LogP contribution in [0.3, 0.4) is 0 Å². The smallest absolute Gasteiger partial charge is 0.267 e. The average Bonchev–Trinajstić information content (AvgIpc) is 2.69. The van der Waals surface area contributed by atoms with Crippen LogP contribution in [0.4, 0.5) is 10.2 Å². The van der Waals surface area contributed by atoms with Crippen molar-refractivity contribution in [3.63, 3.8) is 0 Å². The lowest BCUT2D eigenvalue weighted by molar-refractivity contribution is -0.124. The first-order valence-electron chi connectivity index (χ1n) is 9.90. The minimum absolute atomic E-state index is 0. The molecule has 3 N–H and O–H groups in total. The van der Waals surface area contributed by atoms with Crippen molar-refractivity contribution in [2.24, 2.45) is 5.92 Å². The molecular weight excluding hydrogens is 418 g/mol. The monoisotopic (exact) mass is 448 g/mol. The number of amides is 1. The number of aromatic nitrogens is 1. The number of pyridine rings is 1. The number of likely N-dealkylation sites (tertiary alicyclic amines) is 1. The summed E-state index contributed by atoms with van der Waals surface area (Å²) in [6.45, 7) is 3.21. The summed E-state index contributed by atoms with van der Waals surface area (Å²) in [4.78, 5) is 17.7. The molecule has 29 heavy (non-hydrogen) atoms. The van der Waals surface area contributed by atoms with Gasteiger partial charge in [-0.25, -0.2) is 14.9 Å². The summed E-state index contributed by atoms with van der Waals surface area (Å²) in [5.74, 6) is -0.0401. The van der Waals surface area contributed by atoms with E-state index in [1.807, 2.05) is 0 Å². The van der Waals surface area contributed by atoms with Crippen LogP contribution in [0.15, 0.2) is 18.3 Å². The minimum atomic E-state index is -0.669. The van der Waals surface area contributed by atoms with Gasteiger partial charge in [-0.3, -0.25) is 10.0 Å². The molecule has 6 nitrogen and oxygen atoms in total. The Kier molecular flexibility index (Phi) is 11.5. The predicted molar refractivity (Wildman–Crippen MR) is 117 cm³/mol. The van der Waals surface area contributed by atoms with Crippen LogP contribution < -0.4 is 10.8 Å². The van der Waals surface area contributed by atoms with E-state index >= 15 is 0 Å². The third-order valence-electron chi connectivity index (χ3n) is 5.49. The van der Waals surface area contributed by atoms with E-state index in [0.29, 0.717) is 5.56 Å². The standard InChI is InChI=1S/C20H29FN4O2.2ClH/c21-18-11-16(8-9-19(26)24-27)12-22-20(18)23-17-7-4-10-25(14-17)13-15-5-2-1-3-6-15;;/h8-9,11-12,15,17,27H,1-7,10,13-14H2,(H,22,23)(H,24,26);2*1H/t17-;;/m1../s1. The first-order chi connectivity index (χ1) is 13.1. The van der Waals surface area contributed by atoms with Crippen molar-refractivity contribution in [1.82, 2.24) is 15.4 Å². The van der Waals surface area contributed by atoms with Crippen LogP contribution in [0.5, 0.6) is 0 Å². The maximum Gasteiger partial charge on any atom is 0.267 e. The number of hydrogen-bond acceptors (Lipinski definition) is 5. The molecule has 1 amide bonds. The largest absolute Gasteiger partial charge is 0.364 e. The molecule has 0 aromatic carbocycles. The summed E-state index contributed by atoms with van der Waals surface area (Å²) in [5.41, 5.74) is 1.95. The Hall–Kier alpha value is -1.41. The molecule has 1 atom stereocenters. The third kappa shape index (κ3) is 8.09. The molecule has 0 bridgehead atoms. The first kappa shape index (κ1) is 25.6. The maximum absolute atomic E-state index is 14.4. The molecule has 1 aliphatic carbocycles. The second-order valence-electron chi connectivity index (χ2n) is 7.66. The lowest BCUT2D eigenvalue weighted by Gasteiger charge is -2.36. The van der Waals surface area contributed by atoms with Gasteiger partial charge in [-0.05, 0) is 55.9 Å². The Bertz CT molecular complexity index is 672. The van der Waals surface area contributed by atoms with Crippen LogP contribution in [0.1, 0.15) is 50.5 Å². The maximum atomic E-state index is 14.4. The highest BCUT2D eigenvalue weighted by Gasteiger charge is 2.24. The van der Waals surface area contributed by atoms with E-state index in [4.69, 9.17) is 5.21 Å². The van der Waals surface area contributed by atoms with Gasteiger partial charge in [0, 0.05) is 31.4 Å². The Morgan fingerprint density at radius 3 is 2.69 bits per heavy atom. The van der Waals surface area contributed by atoms with Crippen molar-refractivity contribution in [3.05, 3.63) is 29.7 Å². The van der Waals surface area contributed by atoms with Crippen LogP contribution >= 0.6 is 24.8 Å². The summed E-state index contributed by atoms with van der Waals surface area (Å²) < 4.78 is 14.4. The average molecular weight is 449 g/mol. The van der Waals surface area contributed by atoms with Gasteiger partial charge in [-0.1, -0.05) is 19.3 Å². The van der Waals surface area contributed by atoms with Gasteiger partial charge in [0.2, 0.25) is 0 Å². The van der Waals surface area contributed by atoms with Gasteiger partial charge in [0.25, 0.3) is 5.91 Å². The zero-order valence-electron chi connectivity index (χ0n) is 16.5. The van der Waals surface area contributed by atoms with Crippen LogP contribution in [-0.4, -0.2) is 46.7 Å². The van der Waals surface area contributed by atoms with Crippen molar-refractivity contribution in [2.45, 2.75) is 51.0 Å². The molecule has 9 heteroatoms. The fourth-order valence-electron chi connectivity index (χ4n) is 4.13. The lowest BCUT2D eigenvalue weighted by atomic mass is 9.88. The molecule has 2 heterocycles. The molecule has 1 saturated heterocycles. The number of halogens is 3. The molecule has 2 fully saturated rings. The Balaban J connectivity index is 0.00000210. The number of nitrogens with one attached hydrogen (secondary N) is 2. The number of carbonyl (C=O) groups excluding carboxylic acids is 1. The number of hydroxylamine groups is 1. The summed E-state index contributed by atoms with van der Waals surface area (Å²) in [6, 6.07) is 1.53. The fourth-order valence-corrected chi connectivity index (χ4v) is 4.13. The number of nitrogens with zero attached hydrogens (tertiary/aromatic N) is 2. The fraction of sp³-hybridized carbons (Fsp3) is 0.600. The molecule has 164 valence electrons. The summed E-state index contributed by atoms with van der Waals surface area (Å²) in [7, 11) is 0. The molecule has 3 rings (SSSR count). The van der Waals surface area contributed by atoms with E-state index in [-0.39, 0.29) is 36.7 Å². The molecule has 0 unspecified atom stereocenters. The zero-order valence-corrected chi connectivity index (χ0v) is 18.1. The first-order valence-corrected chi connectivity index (χ1v) is 9.90. The Labute approximate surface area is 184 Å². The third-order valence-corrected chi connectivity index (χ3v) is 5.49. The Morgan fingerprint density at radius 1 is 1.24 bits per heavy atom. The highest BCUT2D eigenvalue weighted by molar-refractivity contribution is 5.90.